The molecule has 0 unspecified atom stereocenters. The molecule has 1 aromatic carbocycles. The lowest BCUT2D eigenvalue weighted by Crippen LogP contribution is -2.15. The van der Waals surface area contributed by atoms with E-state index in [1.54, 1.807) is 7.11 Å². The van der Waals surface area contributed by atoms with E-state index < -0.39 is 0 Å². The van der Waals surface area contributed by atoms with Crippen LogP contribution in [0, 0.1) is 6.92 Å². The number of amides is 1. The molecule has 0 aliphatic carbocycles. The van der Waals surface area contributed by atoms with Crippen LogP contribution in [0.2, 0.25) is 0 Å². The maximum atomic E-state index is 12.2. The van der Waals surface area contributed by atoms with Gasteiger partial charge in [-0.3, -0.25) is 10.1 Å². The minimum absolute atomic E-state index is 0.142. The maximum absolute atomic E-state index is 12.2. The molecular weight excluding hydrogens is 296 g/mol. The number of rotatable bonds is 5. The molecule has 0 aliphatic heterocycles. The molecule has 0 saturated carbocycles. The summed E-state index contributed by atoms with van der Waals surface area (Å²) in [4.78, 5) is 16.7. The van der Waals surface area contributed by atoms with Crippen LogP contribution in [0.5, 0.6) is 5.75 Å². The molecule has 0 bridgehead atoms. The topological polar surface area (TPSA) is 82.2 Å². The Hall–Kier alpha value is -2.83. The smallest absolute Gasteiger partial charge is 0.296 e. The zero-order chi connectivity index (χ0) is 16.4. The number of benzene rings is 1. The summed E-state index contributed by atoms with van der Waals surface area (Å²) < 4.78 is 12.3. The molecule has 0 radical (unpaired) electrons. The summed E-state index contributed by atoms with van der Waals surface area (Å²) in [6.45, 7) is 4.75. The minimum Gasteiger partial charge on any atom is -0.494 e. The second-order valence-electron chi connectivity index (χ2n) is 5.25. The maximum Gasteiger partial charge on any atom is 0.296 e. The van der Waals surface area contributed by atoms with Gasteiger partial charge in [0.15, 0.2) is 0 Å². The molecule has 2 heterocycles. The molecule has 23 heavy (non-hydrogen) atoms. The van der Waals surface area contributed by atoms with Crippen LogP contribution >= 0.6 is 0 Å². The Morgan fingerprint density at radius 1 is 1.43 bits per heavy atom. The van der Waals surface area contributed by atoms with E-state index in [0.717, 1.165) is 28.8 Å². The summed E-state index contributed by atoms with van der Waals surface area (Å²) >= 11 is 0. The lowest BCUT2D eigenvalue weighted by Gasteiger charge is -2.10. The molecule has 7 nitrogen and oxygen atoms in total. The summed E-state index contributed by atoms with van der Waals surface area (Å²) in [5, 5.41) is 6.32. The number of imidazole rings is 1. The van der Waals surface area contributed by atoms with Crippen LogP contribution in [-0.2, 0) is 6.54 Å². The Labute approximate surface area is 133 Å². The normalized spacial score (nSPS) is 10.9. The number of carbonyl (C=O) groups is 1. The van der Waals surface area contributed by atoms with Crippen molar-refractivity contribution in [3.63, 3.8) is 0 Å². The molecule has 2 aromatic heterocycles. The van der Waals surface area contributed by atoms with E-state index in [0.29, 0.717) is 12.5 Å². The Balaban J connectivity index is 2.09. The second-order valence-corrected chi connectivity index (χ2v) is 5.25. The molecule has 3 rings (SSSR count). The quantitative estimate of drug-likeness (QED) is 0.783. The summed E-state index contributed by atoms with van der Waals surface area (Å²) in [5.41, 5.74) is 2.69. The average molecular weight is 314 g/mol. The van der Waals surface area contributed by atoms with Gasteiger partial charge >= 0.3 is 0 Å². The van der Waals surface area contributed by atoms with E-state index in [2.05, 4.69) is 22.4 Å². The first-order chi connectivity index (χ1) is 11.1. The summed E-state index contributed by atoms with van der Waals surface area (Å²) in [6, 6.07) is 5.43. The Morgan fingerprint density at radius 2 is 2.26 bits per heavy atom. The number of hydrogen-bond acceptors (Lipinski definition) is 5. The van der Waals surface area contributed by atoms with E-state index in [4.69, 9.17) is 9.26 Å². The molecular formula is C16H18N4O3. The lowest BCUT2D eigenvalue weighted by atomic mass is 10.2. The third-order valence-corrected chi connectivity index (χ3v) is 3.51. The van der Waals surface area contributed by atoms with E-state index in [9.17, 15) is 4.79 Å². The van der Waals surface area contributed by atoms with Gasteiger partial charge in [0.05, 0.1) is 18.8 Å². The van der Waals surface area contributed by atoms with Crippen LogP contribution in [-0.4, -0.2) is 27.7 Å². The predicted molar refractivity (Wildman–Crippen MR) is 85.8 cm³/mol. The van der Waals surface area contributed by atoms with Crippen molar-refractivity contribution < 1.29 is 14.1 Å². The van der Waals surface area contributed by atoms with Crippen molar-refractivity contribution in [2.24, 2.45) is 0 Å². The SMILES string of the molecule is CCCn1c(NC(=O)c2ccno2)nc2cc(C)cc(OC)c21. The highest BCUT2D eigenvalue weighted by atomic mass is 16.5. The van der Waals surface area contributed by atoms with Gasteiger partial charge < -0.3 is 13.8 Å². The first-order valence-electron chi connectivity index (χ1n) is 7.41. The number of methoxy groups -OCH3 is 1. The van der Waals surface area contributed by atoms with Gasteiger partial charge in [0, 0.05) is 12.6 Å². The third-order valence-electron chi connectivity index (χ3n) is 3.51. The standard InChI is InChI=1S/C16H18N4O3/c1-4-7-20-14-11(8-10(2)9-13(14)22-3)18-16(20)19-15(21)12-5-6-17-23-12/h5-6,8-9H,4,7H2,1-3H3,(H,18,19,21). The minimum atomic E-state index is -0.383. The number of aryl methyl sites for hydroxylation is 2. The first kappa shape index (κ1) is 15.1. The number of fused-ring (bicyclic) bond motifs is 1. The van der Waals surface area contributed by atoms with Gasteiger partial charge in [-0.1, -0.05) is 12.1 Å². The van der Waals surface area contributed by atoms with Gasteiger partial charge in [-0.2, -0.15) is 0 Å². The van der Waals surface area contributed by atoms with Crippen LogP contribution < -0.4 is 10.1 Å². The van der Waals surface area contributed by atoms with Crippen molar-refractivity contribution >= 4 is 22.9 Å². The summed E-state index contributed by atoms with van der Waals surface area (Å²) in [7, 11) is 1.63. The van der Waals surface area contributed by atoms with Crippen LogP contribution in [0.4, 0.5) is 5.95 Å². The van der Waals surface area contributed by atoms with Crippen molar-refractivity contribution in [1.29, 1.82) is 0 Å². The Kier molecular flexibility index (Phi) is 4.01. The molecule has 3 aromatic rings. The van der Waals surface area contributed by atoms with E-state index in [1.807, 2.05) is 23.6 Å². The van der Waals surface area contributed by atoms with Crippen molar-refractivity contribution in [3.8, 4) is 5.75 Å². The summed E-state index contributed by atoms with van der Waals surface area (Å²) in [6.07, 6.45) is 2.32. The zero-order valence-corrected chi connectivity index (χ0v) is 13.3. The molecule has 7 heteroatoms. The van der Waals surface area contributed by atoms with Gasteiger partial charge in [-0.25, -0.2) is 4.98 Å². The molecule has 0 spiro atoms. The summed E-state index contributed by atoms with van der Waals surface area (Å²) in [5.74, 6) is 0.961. The van der Waals surface area contributed by atoms with Crippen LogP contribution in [0.1, 0.15) is 29.5 Å². The number of aromatic nitrogens is 3. The second kappa shape index (κ2) is 6.12. The molecule has 1 amide bonds. The first-order valence-corrected chi connectivity index (χ1v) is 7.41. The fourth-order valence-electron chi connectivity index (χ4n) is 2.55. The molecule has 120 valence electrons. The lowest BCUT2D eigenvalue weighted by molar-refractivity contribution is 0.0986. The Bertz CT molecular complexity index is 837. The number of nitrogens with zero attached hydrogens (tertiary/aromatic N) is 3. The highest BCUT2D eigenvalue weighted by Gasteiger charge is 2.18. The van der Waals surface area contributed by atoms with Gasteiger partial charge in [0.25, 0.3) is 5.91 Å². The molecule has 0 aliphatic rings. The van der Waals surface area contributed by atoms with Crippen molar-refractivity contribution in [1.82, 2.24) is 14.7 Å². The number of hydrogen-bond donors (Lipinski definition) is 1. The van der Waals surface area contributed by atoms with E-state index in [-0.39, 0.29) is 11.7 Å². The van der Waals surface area contributed by atoms with Gasteiger partial charge in [0.1, 0.15) is 11.3 Å². The third kappa shape index (κ3) is 2.77. The fraction of sp³-hybridized carbons (Fsp3) is 0.312. The molecule has 1 N–H and O–H groups in total. The van der Waals surface area contributed by atoms with Crippen molar-refractivity contribution in [2.45, 2.75) is 26.8 Å². The monoisotopic (exact) mass is 314 g/mol. The van der Waals surface area contributed by atoms with Crippen molar-refractivity contribution in [3.05, 3.63) is 35.7 Å². The van der Waals surface area contributed by atoms with E-state index in [1.165, 1.54) is 12.3 Å². The van der Waals surface area contributed by atoms with Gasteiger partial charge in [-0.15, -0.1) is 0 Å². The van der Waals surface area contributed by atoms with Gasteiger partial charge in [-0.05, 0) is 31.0 Å². The highest BCUT2D eigenvalue weighted by molar-refractivity contribution is 6.02. The number of anilines is 1. The predicted octanol–water partition coefficient (Wildman–Crippen LogP) is 3.00. The van der Waals surface area contributed by atoms with Crippen LogP contribution in [0.25, 0.3) is 11.0 Å². The van der Waals surface area contributed by atoms with E-state index >= 15 is 0 Å². The van der Waals surface area contributed by atoms with Crippen LogP contribution in [0.15, 0.2) is 28.9 Å². The number of nitrogens with one attached hydrogen (secondary N) is 1. The Morgan fingerprint density at radius 3 is 2.91 bits per heavy atom. The molecule has 0 atom stereocenters. The molecule has 0 fully saturated rings. The number of ether oxygens (including phenoxy) is 1. The van der Waals surface area contributed by atoms with Crippen molar-refractivity contribution in [2.75, 3.05) is 12.4 Å². The molecule has 0 saturated heterocycles. The average Bonchev–Trinajstić information content (AvgIpc) is 3.16. The number of carbonyl (C=O) groups excluding carboxylic acids is 1. The highest BCUT2D eigenvalue weighted by Crippen LogP contribution is 2.30. The van der Waals surface area contributed by atoms with Crippen LogP contribution in [0.3, 0.4) is 0 Å². The fourth-order valence-corrected chi connectivity index (χ4v) is 2.55. The largest absolute Gasteiger partial charge is 0.494 e. The van der Waals surface area contributed by atoms with Gasteiger partial charge in [0.2, 0.25) is 11.7 Å². The zero-order valence-electron chi connectivity index (χ0n) is 13.3.